The molecule has 0 N–H and O–H groups in total. The van der Waals surface area contributed by atoms with Gasteiger partial charge in [0.05, 0.1) is 0 Å². The molecule has 1 fully saturated rings. The quantitative estimate of drug-likeness (QED) is 0.455. The van der Waals surface area contributed by atoms with E-state index in [1.54, 1.807) is 0 Å². The van der Waals surface area contributed by atoms with E-state index in [-0.39, 0.29) is 0 Å². The molecular weight excluding hydrogens is 214 g/mol. The minimum atomic E-state index is 0.676. The predicted molar refractivity (Wildman–Crippen MR) is 68.0 cm³/mol. The minimum Gasteiger partial charge on any atom is -0.304 e. The van der Waals surface area contributed by atoms with E-state index in [0.29, 0.717) is 5.69 Å². The standard InChI is InChI=1S/C12H17N5/c1-16-6-8-17(9-7-16)10-11-2-4-12(5-3-11)14-15-13/h2-5H,6-10H2,1H3. The Morgan fingerprint density at radius 1 is 1.18 bits per heavy atom. The smallest absolute Gasteiger partial charge is 0.0375 e. The van der Waals surface area contributed by atoms with Crippen LogP contribution in [0.15, 0.2) is 29.4 Å². The molecule has 0 atom stereocenters. The first-order chi connectivity index (χ1) is 8.28. The van der Waals surface area contributed by atoms with Gasteiger partial charge in [-0.25, -0.2) is 0 Å². The third kappa shape index (κ3) is 3.46. The Labute approximate surface area is 101 Å². The molecule has 1 aliphatic rings. The van der Waals surface area contributed by atoms with E-state index >= 15 is 0 Å². The highest BCUT2D eigenvalue weighted by atomic mass is 15.2. The Bertz CT molecular complexity index is 399. The lowest BCUT2D eigenvalue weighted by molar-refractivity contribution is 0.148. The summed E-state index contributed by atoms with van der Waals surface area (Å²) in [6.45, 7) is 5.49. The molecule has 0 radical (unpaired) electrons. The van der Waals surface area contributed by atoms with E-state index in [1.165, 1.54) is 5.56 Å². The molecule has 17 heavy (non-hydrogen) atoms. The van der Waals surface area contributed by atoms with Gasteiger partial charge in [-0.15, -0.1) is 0 Å². The molecule has 0 amide bonds. The van der Waals surface area contributed by atoms with Crippen LogP contribution in [0.4, 0.5) is 5.69 Å². The molecule has 1 aromatic rings. The summed E-state index contributed by atoms with van der Waals surface area (Å²) < 4.78 is 0. The molecule has 2 rings (SSSR count). The van der Waals surface area contributed by atoms with E-state index in [1.807, 2.05) is 24.3 Å². The second-order valence-electron chi connectivity index (χ2n) is 4.44. The summed E-state index contributed by atoms with van der Waals surface area (Å²) in [5.41, 5.74) is 10.3. The van der Waals surface area contributed by atoms with Gasteiger partial charge in [0.1, 0.15) is 0 Å². The third-order valence-corrected chi connectivity index (χ3v) is 3.10. The Morgan fingerprint density at radius 3 is 2.41 bits per heavy atom. The number of azide groups is 1. The van der Waals surface area contributed by atoms with Gasteiger partial charge in [-0.3, -0.25) is 4.90 Å². The largest absolute Gasteiger partial charge is 0.304 e. The van der Waals surface area contributed by atoms with Crippen molar-refractivity contribution in [3.8, 4) is 0 Å². The lowest BCUT2D eigenvalue weighted by atomic mass is 10.2. The van der Waals surface area contributed by atoms with Crippen molar-refractivity contribution < 1.29 is 0 Å². The first-order valence-electron chi connectivity index (χ1n) is 5.83. The SMILES string of the molecule is CN1CCN(Cc2ccc(N=[N+]=[N-])cc2)CC1. The molecule has 1 heterocycles. The molecule has 0 bridgehead atoms. The van der Waals surface area contributed by atoms with Crippen molar-refractivity contribution >= 4 is 5.69 Å². The fourth-order valence-electron chi connectivity index (χ4n) is 1.98. The fourth-order valence-corrected chi connectivity index (χ4v) is 1.98. The van der Waals surface area contributed by atoms with Crippen LogP contribution in [-0.2, 0) is 6.54 Å². The Morgan fingerprint density at radius 2 is 1.82 bits per heavy atom. The van der Waals surface area contributed by atoms with Gasteiger partial charge in [0.25, 0.3) is 0 Å². The van der Waals surface area contributed by atoms with Crippen LogP contribution in [0.3, 0.4) is 0 Å². The molecule has 1 saturated heterocycles. The van der Waals surface area contributed by atoms with Crippen LogP contribution in [0.5, 0.6) is 0 Å². The Kier molecular flexibility index (Phi) is 3.98. The van der Waals surface area contributed by atoms with Crippen molar-refractivity contribution in [2.75, 3.05) is 33.2 Å². The Hall–Kier alpha value is -1.55. The number of hydrogen-bond donors (Lipinski definition) is 0. The zero-order valence-electron chi connectivity index (χ0n) is 10.1. The molecular formula is C12H17N5. The molecule has 0 aliphatic carbocycles. The minimum absolute atomic E-state index is 0.676. The molecule has 0 unspecified atom stereocenters. The van der Waals surface area contributed by atoms with Crippen molar-refractivity contribution in [2.45, 2.75) is 6.54 Å². The summed E-state index contributed by atoms with van der Waals surface area (Å²) in [4.78, 5) is 7.56. The molecule has 5 heteroatoms. The van der Waals surface area contributed by atoms with Crippen LogP contribution in [0, 0.1) is 0 Å². The van der Waals surface area contributed by atoms with E-state index in [9.17, 15) is 0 Å². The van der Waals surface area contributed by atoms with Crippen molar-refractivity contribution in [1.29, 1.82) is 0 Å². The molecule has 0 aromatic heterocycles. The van der Waals surface area contributed by atoms with Gasteiger partial charge < -0.3 is 4.90 Å². The first kappa shape index (κ1) is 11.9. The van der Waals surface area contributed by atoms with Crippen LogP contribution in [0.1, 0.15) is 5.56 Å². The fraction of sp³-hybridized carbons (Fsp3) is 0.500. The van der Waals surface area contributed by atoms with E-state index < -0.39 is 0 Å². The summed E-state index contributed by atoms with van der Waals surface area (Å²) in [6.07, 6.45) is 0. The second-order valence-corrected chi connectivity index (χ2v) is 4.44. The van der Waals surface area contributed by atoms with Crippen LogP contribution < -0.4 is 0 Å². The van der Waals surface area contributed by atoms with Crippen LogP contribution in [0.2, 0.25) is 0 Å². The highest BCUT2D eigenvalue weighted by molar-refractivity contribution is 5.38. The summed E-state index contributed by atoms with van der Waals surface area (Å²) >= 11 is 0. The highest BCUT2D eigenvalue weighted by Crippen LogP contribution is 2.15. The van der Waals surface area contributed by atoms with Gasteiger partial charge in [0.2, 0.25) is 0 Å². The lowest BCUT2D eigenvalue weighted by Crippen LogP contribution is -2.43. The first-order valence-corrected chi connectivity index (χ1v) is 5.83. The molecule has 5 nitrogen and oxygen atoms in total. The van der Waals surface area contributed by atoms with Crippen LogP contribution in [0.25, 0.3) is 10.4 Å². The van der Waals surface area contributed by atoms with Crippen LogP contribution in [-0.4, -0.2) is 43.0 Å². The van der Waals surface area contributed by atoms with E-state index in [0.717, 1.165) is 32.7 Å². The lowest BCUT2D eigenvalue weighted by Gasteiger charge is -2.32. The molecule has 0 saturated carbocycles. The number of nitrogens with zero attached hydrogens (tertiary/aromatic N) is 5. The predicted octanol–water partition coefficient (Wildman–Crippen LogP) is 2.38. The van der Waals surface area contributed by atoms with Crippen molar-refractivity contribution in [1.82, 2.24) is 9.80 Å². The van der Waals surface area contributed by atoms with Gasteiger partial charge in [-0.05, 0) is 18.1 Å². The molecule has 1 aliphatic heterocycles. The average Bonchev–Trinajstić information content (AvgIpc) is 2.35. The normalized spacial score (nSPS) is 17.7. The highest BCUT2D eigenvalue weighted by Gasteiger charge is 2.13. The maximum Gasteiger partial charge on any atom is 0.0375 e. The molecule has 90 valence electrons. The van der Waals surface area contributed by atoms with E-state index in [4.69, 9.17) is 5.53 Å². The number of likely N-dealkylation sites (N-methyl/N-ethyl adjacent to an activating group) is 1. The number of rotatable bonds is 3. The maximum absolute atomic E-state index is 8.32. The van der Waals surface area contributed by atoms with Gasteiger partial charge in [-0.1, -0.05) is 29.4 Å². The number of piperazine rings is 1. The maximum atomic E-state index is 8.32. The number of benzene rings is 1. The summed E-state index contributed by atoms with van der Waals surface area (Å²) in [6, 6.07) is 7.79. The summed E-state index contributed by atoms with van der Waals surface area (Å²) in [5.74, 6) is 0. The third-order valence-electron chi connectivity index (χ3n) is 3.10. The second kappa shape index (κ2) is 5.68. The van der Waals surface area contributed by atoms with Crippen molar-refractivity contribution in [2.24, 2.45) is 5.11 Å². The van der Waals surface area contributed by atoms with Crippen molar-refractivity contribution in [3.05, 3.63) is 40.3 Å². The topological polar surface area (TPSA) is 55.2 Å². The van der Waals surface area contributed by atoms with Crippen molar-refractivity contribution in [3.63, 3.8) is 0 Å². The zero-order valence-corrected chi connectivity index (χ0v) is 10.1. The van der Waals surface area contributed by atoms with Gasteiger partial charge in [0.15, 0.2) is 0 Å². The summed E-state index contributed by atoms with van der Waals surface area (Å²) in [5, 5.41) is 3.56. The molecule has 1 aromatic carbocycles. The van der Waals surface area contributed by atoms with Gasteiger partial charge >= 0.3 is 0 Å². The number of hydrogen-bond acceptors (Lipinski definition) is 3. The van der Waals surface area contributed by atoms with Gasteiger partial charge in [-0.2, -0.15) is 0 Å². The molecule has 0 spiro atoms. The van der Waals surface area contributed by atoms with E-state index in [2.05, 4.69) is 26.9 Å². The zero-order chi connectivity index (χ0) is 12.1. The Balaban J connectivity index is 1.92. The monoisotopic (exact) mass is 231 g/mol. The average molecular weight is 231 g/mol. The summed E-state index contributed by atoms with van der Waals surface area (Å²) in [7, 11) is 2.16. The van der Waals surface area contributed by atoms with Gasteiger partial charge in [0, 0.05) is 43.3 Å². The van der Waals surface area contributed by atoms with Crippen LogP contribution >= 0.6 is 0 Å².